The fourth-order valence-corrected chi connectivity index (χ4v) is 3.47. The molecule has 1 aromatic heterocycles. The van der Waals surface area contributed by atoms with Crippen LogP contribution in [-0.4, -0.2) is 23.4 Å². The van der Waals surface area contributed by atoms with E-state index in [1.165, 1.54) is 23.9 Å². The van der Waals surface area contributed by atoms with Crippen molar-refractivity contribution in [1.82, 2.24) is 10.2 Å². The molecule has 0 saturated carbocycles. The largest absolute Gasteiger partial charge is 0.489 e. The molecule has 3 aromatic rings. The summed E-state index contributed by atoms with van der Waals surface area (Å²) in [4.78, 5) is 0. The lowest BCUT2D eigenvalue weighted by Crippen LogP contribution is -1.97. The molecule has 1 aliphatic heterocycles. The number of ether oxygens (including phenoxy) is 2. The van der Waals surface area contributed by atoms with Gasteiger partial charge in [0, 0.05) is 17.7 Å². The molecule has 0 atom stereocenters. The molecule has 2 aromatic carbocycles. The number of hydrogen-bond donors (Lipinski definition) is 0. The number of nitrogens with zero attached hydrogens (tertiary/aromatic N) is 2. The molecule has 134 valence electrons. The van der Waals surface area contributed by atoms with E-state index in [2.05, 4.69) is 10.2 Å². The van der Waals surface area contributed by atoms with Crippen LogP contribution in [0.1, 0.15) is 12.0 Å². The second kappa shape index (κ2) is 7.55. The first kappa shape index (κ1) is 17.2. The van der Waals surface area contributed by atoms with Gasteiger partial charge in [-0.3, -0.25) is 0 Å². The van der Waals surface area contributed by atoms with Gasteiger partial charge in [0.2, 0.25) is 5.89 Å². The van der Waals surface area contributed by atoms with Gasteiger partial charge in [0.1, 0.15) is 5.82 Å². The van der Waals surface area contributed by atoms with E-state index in [9.17, 15) is 4.39 Å². The van der Waals surface area contributed by atoms with Crippen molar-refractivity contribution < 1.29 is 18.3 Å². The van der Waals surface area contributed by atoms with Gasteiger partial charge >= 0.3 is 0 Å². The van der Waals surface area contributed by atoms with Crippen molar-refractivity contribution in [2.24, 2.45) is 0 Å². The van der Waals surface area contributed by atoms with E-state index in [-0.39, 0.29) is 5.82 Å². The average Bonchev–Trinajstić information content (AvgIpc) is 2.98. The molecule has 0 N–H and O–H groups in total. The molecule has 0 aliphatic carbocycles. The number of thioether (sulfide) groups is 1. The Kier molecular flexibility index (Phi) is 4.99. The molecule has 5 nitrogen and oxygen atoms in total. The third-order valence-corrected chi connectivity index (χ3v) is 4.89. The van der Waals surface area contributed by atoms with Crippen molar-refractivity contribution in [1.29, 1.82) is 0 Å². The lowest BCUT2D eigenvalue weighted by Gasteiger charge is -2.10. The molecule has 0 unspecified atom stereocenters. The Morgan fingerprint density at radius 1 is 1.08 bits per heavy atom. The molecule has 0 amide bonds. The van der Waals surface area contributed by atoms with Crippen molar-refractivity contribution in [3.8, 4) is 23.0 Å². The highest BCUT2D eigenvalue weighted by molar-refractivity contribution is 7.98. The first-order valence-corrected chi connectivity index (χ1v) is 9.36. The van der Waals surface area contributed by atoms with Crippen LogP contribution in [0.5, 0.6) is 11.5 Å². The molecular weight excluding hydrogens is 379 g/mol. The van der Waals surface area contributed by atoms with Crippen molar-refractivity contribution in [3.63, 3.8) is 0 Å². The highest BCUT2D eigenvalue weighted by Gasteiger charge is 2.16. The van der Waals surface area contributed by atoms with E-state index >= 15 is 0 Å². The van der Waals surface area contributed by atoms with Gasteiger partial charge in [-0.1, -0.05) is 23.4 Å². The minimum absolute atomic E-state index is 0.311. The zero-order valence-corrected chi connectivity index (χ0v) is 15.1. The van der Waals surface area contributed by atoms with Crippen LogP contribution in [0, 0.1) is 5.82 Å². The fraction of sp³-hybridized carbons (Fsp3) is 0.222. The molecule has 0 bridgehead atoms. The second-order valence-electron chi connectivity index (χ2n) is 5.62. The molecule has 0 fully saturated rings. The van der Waals surface area contributed by atoms with E-state index < -0.39 is 0 Å². The predicted octanol–water partition coefficient (Wildman–Crippen LogP) is 4.98. The first-order chi connectivity index (χ1) is 12.7. The molecular formula is C18H14ClFN2O3S. The topological polar surface area (TPSA) is 57.4 Å². The highest BCUT2D eigenvalue weighted by Crippen LogP contribution is 2.39. The summed E-state index contributed by atoms with van der Waals surface area (Å²) >= 11 is 7.69. The van der Waals surface area contributed by atoms with Gasteiger partial charge in [0.25, 0.3) is 5.22 Å². The molecule has 8 heteroatoms. The van der Waals surface area contributed by atoms with E-state index in [0.29, 0.717) is 52.2 Å². The van der Waals surface area contributed by atoms with E-state index in [0.717, 1.165) is 12.0 Å². The van der Waals surface area contributed by atoms with Gasteiger partial charge in [-0.15, -0.1) is 10.2 Å². The molecule has 26 heavy (non-hydrogen) atoms. The predicted molar refractivity (Wildman–Crippen MR) is 96.3 cm³/mol. The van der Waals surface area contributed by atoms with Crippen molar-refractivity contribution in [2.45, 2.75) is 17.4 Å². The number of hydrogen-bond acceptors (Lipinski definition) is 6. The Bertz CT molecular complexity index is 917. The van der Waals surface area contributed by atoms with Crippen LogP contribution in [-0.2, 0) is 5.75 Å². The normalized spacial score (nSPS) is 13.5. The summed E-state index contributed by atoms with van der Waals surface area (Å²) in [5.41, 5.74) is 1.63. The maximum absolute atomic E-state index is 13.0. The summed E-state index contributed by atoms with van der Waals surface area (Å²) < 4.78 is 29.9. The van der Waals surface area contributed by atoms with Crippen LogP contribution in [0.25, 0.3) is 11.5 Å². The number of benzene rings is 2. The van der Waals surface area contributed by atoms with Crippen molar-refractivity contribution >= 4 is 23.4 Å². The zero-order chi connectivity index (χ0) is 17.9. The molecule has 2 heterocycles. The summed E-state index contributed by atoms with van der Waals surface area (Å²) in [7, 11) is 0. The SMILES string of the molecule is Fc1ccc(-c2nnc(SCc3cc(Cl)c4c(c3)OCCCO4)o2)cc1. The number of fused-ring (bicyclic) bond motifs is 1. The maximum Gasteiger partial charge on any atom is 0.277 e. The van der Waals surface area contributed by atoms with Crippen molar-refractivity contribution in [3.05, 3.63) is 52.8 Å². The monoisotopic (exact) mass is 392 g/mol. The summed E-state index contributed by atoms with van der Waals surface area (Å²) in [6.07, 6.45) is 0.823. The minimum Gasteiger partial charge on any atom is -0.489 e. The summed E-state index contributed by atoms with van der Waals surface area (Å²) in [5, 5.41) is 8.97. The Morgan fingerprint density at radius 2 is 1.88 bits per heavy atom. The average molecular weight is 393 g/mol. The summed E-state index contributed by atoms with van der Waals surface area (Å²) in [6, 6.07) is 9.66. The second-order valence-corrected chi connectivity index (χ2v) is 6.96. The summed E-state index contributed by atoms with van der Waals surface area (Å²) in [5.74, 6) is 1.87. The Labute approximate surface area is 158 Å². The van der Waals surface area contributed by atoms with Gasteiger partial charge < -0.3 is 13.9 Å². The van der Waals surface area contributed by atoms with Gasteiger partial charge in [0.05, 0.1) is 18.2 Å². The smallest absolute Gasteiger partial charge is 0.277 e. The number of aromatic nitrogens is 2. The van der Waals surface area contributed by atoms with Crippen LogP contribution in [0.3, 0.4) is 0 Å². The van der Waals surface area contributed by atoms with E-state index in [4.69, 9.17) is 25.5 Å². The third-order valence-electron chi connectivity index (χ3n) is 3.72. The van der Waals surface area contributed by atoms with Gasteiger partial charge in [-0.25, -0.2) is 4.39 Å². The molecule has 0 saturated heterocycles. The molecule has 0 radical (unpaired) electrons. The molecule has 0 spiro atoms. The third kappa shape index (κ3) is 3.78. The van der Waals surface area contributed by atoms with E-state index in [1.54, 1.807) is 12.1 Å². The molecule has 4 rings (SSSR count). The van der Waals surface area contributed by atoms with Gasteiger partial charge in [0.15, 0.2) is 11.5 Å². The van der Waals surface area contributed by atoms with Gasteiger partial charge in [-0.05, 0) is 42.0 Å². The fourth-order valence-electron chi connectivity index (χ4n) is 2.49. The number of rotatable bonds is 4. The Hall–Kier alpha value is -2.25. The standard InChI is InChI=1S/C18H14ClFN2O3S/c19-14-8-11(9-15-16(14)24-7-1-6-23-15)10-26-18-22-21-17(25-18)12-2-4-13(20)5-3-12/h2-5,8-9H,1,6-7,10H2. The van der Waals surface area contributed by atoms with Crippen LogP contribution in [0.4, 0.5) is 4.39 Å². The molecule has 1 aliphatic rings. The zero-order valence-electron chi connectivity index (χ0n) is 13.6. The van der Waals surface area contributed by atoms with Gasteiger partial charge in [-0.2, -0.15) is 0 Å². The lowest BCUT2D eigenvalue weighted by molar-refractivity contribution is 0.297. The van der Waals surface area contributed by atoms with Crippen molar-refractivity contribution in [2.75, 3.05) is 13.2 Å². The van der Waals surface area contributed by atoms with Crippen LogP contribution < -0.4 is 9.47 Å². The van der Waals surface area contributed by atoms with Crippen LogP contribution in [0.2, 0.25) is 5.02 Å². The highest BCUT2D eigenvalue weighted by atomic mass is 35.5. The maximum atomic E-state index is 13.0. The first-order valence-electron chi connectivity index (χ1n) is 7.99. The quantitative estimate of drug-likeness (QED) is 0.583. The Balaban J connectivity index is 1.47. The number of halogens is 2. The Morgan fingerprint density at radius 3 is 2.73 bits per heavy atom. The van der Waals surface area contributed by atoms with Crippen LogP contribution >= 0.6 is 23.4 Å². The lowest BCUT2D eigenvalue weighted by atomic mass is 10.2. The summed E-state index contributed by atoms with van der Waals surface area (Å²) in [6.45, 7) is 1.19. The van der Waals surface area contributed by atoms with Crippen LogP contribution in [0.15, 0.2) is 46.0 Å². The minimum atomic E-state index is -0.311. The van der Waals surface area contributed by atoms with E-state index in [1.807, 2.05) is 12.1 Å².